The van der Waals surface area contributed by atoms with E-state index in [-0.39, 0.29) is 5.82 Å². The van der Waals surface area contributed by atoms with Crippen molar-refractivity contribution in [3.63, 3.8) is 0 Å². The van der Waals surface area contributed by atoms with Crippen LogP contribution < -0.4 is 10.1 Å². The maximum Gasteiger partial charge on any atom is 0.135 e. The molecule has 2 nitrogen and oxygen atoms in total. The van der Waals surface area contributed by atoms with Crippen LogP contribution in [-0.2, 0) is 6.42 Å². The average Bonchev–Trinajstić information content (AvgIpc) is 2.39. The predicted molar refractivity (Wildman–Crippen MR) is 74.0 cm³/mol. The summed E-state index contributed by atoms with van der Waals surface area (Å²) in [5.41, 5.74) is 0.996. The Morgan fingerprint density at radius 3 is 2.94 bits per heavy atom. The van der Waals surface area contributed by atoms with Crippen molar-refractivity contribution in [1.82, 2.24) is 5.32 Å². The molecular weight excluding hydrogens is 249 g/mol. The van der Waals surface area contributed by atoms with Crippen molar-refractivity contribution in [2.75, 3.05) is 26.5 Å². The summed E-state index contributed by atoms with van der Waals surface area (Å²) in [6.45, 7) is 2.13. The third kappa shape index (κ3) is 3.18. The number of benzene rings is 1. The number of thioether (sulfide) groups is 1. The number of methoxy groups -OCH3 is 1. The zero-order valence-corrected chi connectivity index (χ0v) is 11.8. The van der Waals surface area contributed by atoms with Crippen LogP contribution in [-0.4, -0.2) is 26.5 Å². The van der Waals surface area contributed by atoms with Gasteiger partial charge in [0.25, 0.3) is 0 Å². The quantitative estimate of drug-likeness (QED) is 0.849. The summed E-state index contributed by atoms with van der Waals surface area (Å²) in [7, 11) is 1.66. The Morgan fingerprint density at radius 2 is 2.33 bits per heavy atom. The van der Waals surface area contributed by atoms with Crippen LogP contribution in [0, 0.1) is 11.7 Å². The topological polar surface area (TPSA) is 21.3 Å². The largest absolute Gasteiger partial charge is 0.495 e. The molecule has 18 heavy (non-hydrogen) atoms. The highest BCUT2D eigenvalue weighted by Gasteiger charge is 2.18. The summed E-state index contributed by atoms with van der Waals surface area (Å²) in [6.07, 6.45) is 5.25. The number of halogens is 1. The van der Waals surface area contributed by atoms with Crippen molar-refractivity contribution in [3.05, 3.63) is 23.5 Å². The van der Waals surface area contributed by atoms with E-state index in [1.165, 1.54) is 24.6 Å². The van der Waals surface area contributed by atoms with Gasteiger partial charge in [-0.05, 0) is 62.2 Å². The SMILES string of the molecule is COc1c(CC2CCCNC2)cc(F)cc1SC. The molecule has 1 heterocycles. The van der Waals surface area contributed by atoms with E-state index < -0.39 is 0 Å². The Hall–Kier alpha value is -0.740. The summed E-state index contributed by atoms with van der Waals surface area (Å²) in [4.78, 5) is 0.885. The highest BCUT2D eigenvalue weighted by Crippen LogP contribution is 2.34. The Balaban J connectivity index is 2.21. The predicted octanol–water partition coefficient (Wildman–Crippen LogP) is 3.10. The van der Waals surface area contributed by atoms with Gasteiger partial charge >= 0.3 is 0 Å². The first-order valence-electron chi connectivity index (χ1n) is 6.35. The molecule has 0 bridgehead atoms. The third-order valence-corrected chi connectivity index (χ3v) is 4.17. The zero-order valence-electron chi connectivity index (χ0n) is 11.0. The van der Waals surface area contributed by atoms with Gasteiger partial charge in [0.15, 0.2) is 0 Å². The van der Waals surface area contributed by atoms with Crippen molar-refractivity contribution in [2.24, 2.45) is 5.92 Å². The van der Waals surface area contributed by atoms with E-state index in [0.717, 1.165) is 35.7 Å². The van der Waals surface area contributed by atoms with Crippen molar-refractivity contribution in [1.29, 1.82) is 0 Å². The summed E-state index contributed by atoms with van der Waals surface area (Å²) in [6, 6.07) is 3.17. The monoisotopic (exact) mass is 269 g/mol. The van der Waals surface area contributed by atoms with Gasteiger partial charge in [-0.3, -0.25) is 0 Å². The highest BCUT2D eigenvalue weighted by molar-refractivity contribution is 7.98. The lowest BCUT2D eigenvalue weighted by atomic mass is 9.92. The molecule has 1 aliphatic rings. The smallest absolute Gasteiger partial charge is 0.135 e. The second kappa shape index (κ2) is 6.43. The minimum Gasteiger partial charge on any atom is -0.495 e. The van der Waals surface area contributed by atoms with Crippen LogP contribution in [0.4, 0.5) is 4.39 Å². The number of piperidine rings is 1. The maximum atomic E-state index is 13.6. The van der Waals surface area contributed by atoms with E-state index in [9.17, 15) is 4.39 Å². The minimum absolute atomic E-state index is 0.168. The maximum absolute atomic E-state index is 13.6. The number of hydrogen-bond donors (Lipinski definition) is 1. The number of ether oxygens (including phenoxy) is 1. The second-order valence-electron chi connectivity index (χ2n) is 4.72. The molecule has 1 unspecified atom stereocenters. The summed E-state index contributed by atoms with van der Waals surface area (Å²) < 4.78 is 19.1. The first-order valence-corrected chi connectivity index (χ1v) is 7.58. The van der Waals surface area contributed by atoms with Crippen LogP contribution in [0.15, 0.2) is 17.0 Å². The van der Waals surface area contributed by atoms with Crippen LogP contribution in [0.25, 0.3) is 0 Å². The van der Waals surface area contributed by atoms with E-state index >= 15 is 0 Å². The number of hydrogen-bond acceptors (Lipinski definition) is 3. The Morgan fingerprint density at radius 1 is 1.50 bits per heavy atom. The van der Waals surface area contributed by atoms with Crippen molar-refractivity contribution >= 4 is 11.8 Å². The zero-order chi connectivity index (χ0) is 13.0. The second-order valence-corrected chi connectivity index (χ2v) is 5.56. The first kappa shape index (κ1) is 13.7. The van der Waals surface area contributed by atoms with Crippen LogP contribution in [0.5, 0.6) is 5.75 Å². The normalized spacial score (nSPS) is 19.8. The molecule has 1 saturated heterocycles. The standard InChI is InChI=1S/C14H20FNOS/c1-17-14-11(6-10-4-3-5-16-9-10)7-12(15)8-13(14)18-2/h7-8,10,16H,3-6,9H2,1-2H3. The fourth-order valence-corrected chi connectivity index (χ4v) is 3.20. The molecule has 100 valence electrons. The van der Waals surface area contributed by atoms with Gasteiger partial charge in [0.1, 0.15) is 11.6 Å². The molecular formula is C14H20FNOS. The van der Waals surface area contributed by atoms with Crippen molar-refractivity contribution in [3.8, 4) is 5.75 Å². The van der Waals surface area contributed by atoms with Gasteiger partial charge in [-0.1, -0.05) is 0 Å². The lowest BCUT2D eigenvalue weighted by Gasteiger charge is -2.24. The van der Waals surface area contributed by atoms with E-state index in [2.05, 4.69) is 5.32 Å². The van der Waals surface area contributed by atoms with E-state index in [1.54, 1.807) is 19.2 Å². The molecule has 0 aliphatic carbocycles. The van der Waals surface area contributed by atoms with Gasteiger partial charge in [0.2, 0.25) is 0 Å². The third-order valence-electron chi connectivity index (χ3n) is 3.43. The van der Waals surface area contributed by atoms with Crippen LogP contribution in [0.2, 0.25) is 0 Å². The molecule has 4 heteroatoms. The van der Waals surface area contributed by atoms with Gasteiger partial charge in [-0.2, -0.15) is 0 Å². The molecule has 1 N–H and O–H groups in total. The fourth-order valence-electron chi connectivity index (χ4n) is 2.57. The highest BCUT2D eigenvalue weighted by atomic mass is 32.2. The lowest BCUT2D eigenvalue weighted by Crippen LogP contribution is -2.30. The van der Waals surface area contributed by atoms with E-state index in [1.807, 2.05) is 6.26 Å². The minimum atomic E-state index is -0.168. The molecule has 0 radical (unpaired) electrons. The van der Waals surface area contributed by atoms with Gasteiger partial charge in [0, 0.05) is 0 Å². The Labute approximate surface area is 112 Å². The van der Waals surface area contributed by atoms with Crippen LogP contribution in [0.3, 0.4) is 0 Å². The van der Waals surface area contributed by atoms with Crippen LogP contribution in [0.1, 0.15) is 18.4 Å². The van der Waals surface area contributed by atoms with Gasteiger partial charge in [0.05, 0.1) is 12.0 Å². The first-order chi connectivity index (χ1) is 8.74. The molecule has 1 aromatic carbocycles. The van der Waals surface area contributed by atoms with Crippen LogP contribution >= 0.6 is 11.8 Å². The fraction of sp³-hybridized carbons (Fsp3) is 0.571. The van der Waals surface area contributed by atoms with Crippen molar-refractivity contribution < 1.29 is 9.13 Å². The summed E-state index contributed by atoms with van der Waals surface area (Å²) in [5.74, 6) is 1.26. The number of rotatable bonds is 4. The van der Waals surface area contributed by atoms with E-state index in [0.29, 0.717) is 5.92 Å². The number of nitrogens with one attached hydrogen (secondary N) is 1. The van der Waals surface area contributed by atoms with Gasteiger partial charge in [-0.25, -0.2) is 4.39 Å². The molecule has 1 aromatic rings. The molecule has 2 rings (SSSR count). The molecule has 1 aliphatic heterocycles. The lowest BCUT2D eigenvalue weighted by molar-refractivity contribution is 0.359. The Kier molecular flexibility index (Phi) is 4.89. The van der Waals surface area contributed by atoms with Gasteiger partial charge in [-0.15, -0.1) is 11.8 Å². The molecule has 0 spiro atoms. The van der Waals surface area contributed by atoms with Gasteiger partial charge < -0.3 is 10.1 Å². The molecule has 1 fully saturated rings. The molecule has 0 saturated carbocycles. The molecule has 0 amide bonds. The van der Waals surface area contributed by atoms with Crippen molar-refractivity contribution in [2.45, 2.75) is 24.2 Å². The Bertz CT molecular complexity index is 405. The molecule has 0 aromatic heterocycles. The molecule has 1 atom stereocenters. The summed E-state index contributed by atoms with van der Waals surface area (Å²) >= 11 is 1.53. The summed E-state index contributed by atoms with van der Waals surface area (Å²) in [5, 5.41) is 3.40. The van der Waals surface area contributed by atoms with E-state index in [4.69, 9.17) is 4.74 Å². The average molecular weight is 269 g/mol.